The first-order valence-electron chi connectivity index (χ1n) is 7.07. The lowest BCUT2D eigenvalue weighted by atomic mass is 9.97. The Labute approximate surface area is 122 Å². The average molecular weight is 291 g/mol. The summed E-state index contributed by atoms with van der Waals surface area (Å²) in [6.45, 7) is 0.463. The smallest absolute Gasteiger partial charge is 0.335 e. The van der Waals surface area contributed by atoms with Crippen molar-refractivity contribution in [3.63, 3.8) is 0 Å². The summed E-state index contributed by atoms with van der Waals surface area (Å²) in [4.78, 5) is 22.6. The first kappa shape index (κ1) is 15.2. The number of benzene rings is 1. The van der Waals surface area contributed by atoms with Crippen LogP contribution < -0.4 is 5.32 Å². The molecule has 1 aromatic carbocycles. The third-order valence-electron chi connectivity index (χ3n) is 3.58. The largest absolute Gasteiger partial charge is 0.478 e. The number of amides is 1. The Morgan fingerprint density at radius 2 is 2.10 bits per heavy atom. The van der Waals surface area contributed by atoms with Crippen molar-refractivity contribution in [1.29, 1.82) is 0 Å². The van der Waals surface area contributed by atoms with Crippen molar-refractivity contribution < 1.29 is 19.1 Å². The summed E-state index contributed by atoms with van der Waals surface area (Å²) >= 11 is 0. The van der Waals surface area contributed by atoms with Crippen LogP contribution in [-0.4, -0.2) is 23.5 Å². The fourth-order valence-corrected chi connectivity index (χ4v) is 2.40. The highest BCUT2D eigenvalue weighted by Gasteiger charge is 2.14. The van der Waals surface area contributed by atoms with Crippen molar-refractivity contribution in [2.75, 3.05) is 6.54 Å². The van der Waals surface area contributed by atoms with E-state index in [-0.39, 0.29) is 11.1 Å². The predicted molar refractivity (Wildman–Crippen MR) is 76.9 cm³/mol. The molecule has 2 N–H and O–H groups in total. The van der Waals surface area contributed by atoms with Crippen LogP contribution in [0.25, 0.3) is 0 Å². The average Bonchev–Trinajstić information content (AvgIpc) is 2.48. The van der Waals surface area contributed by atoms with Crippen molar-refractivity contribution >= 4 is 11.9 Å². The molecule has 1 amide bonds. The maximum atomic E-state index is 13.7. The van der Waals surface area contributed by atoms with Crippen molar-refractivity contribution in [2.45, 2.75) is 32.1 Å². The van der Waals surface area contributed by atoms with Crippen LogP contribution >= 0.6 is 0 Å². The zero-order chi connectivity index (χ0) is 15.2. The minimum absolute atomic E-state index is 0.127. The van der Waals surface area contributed by atoms with Crippen molar-refractivity contribution in [3.05, 3.63) is 46.8 Å². The van der Waals surface area contributed by atoms with Crippen molar-refractivity contribution in [1.82, 2.24) is 5.32 Å². The summed E-state index contributed by atoms with van der Waals surface area (Å²) in [5.41, 5.74) is 1.04. The molecule has 0 aromatic heterocycles. The molecule has 0 spiro atoms. The predicted octanol–water partition coefficient (Wildman–Crippen LogP) is 3.14. The van der Waals surface area contributed by atoms with Gasteiger partial charge in [0.15, 0.2) is 0 Å². The summed E-state index contributed by atoms with van der Waals surface area (Å²) in [6, 6.07) is 3.29. The Bertz CT molecular complexity index is 581. The molecule has 112 valence electrons. The van der Waals surface area contributed by atoms with E-state index in [9.17, 15) is 14.0 Å². The van der Waals surface area contributed by atoms with Gasteiger partial charge >= 0.3 is 5.97 Å². The van der Waals surface area contributed by atoms with Crippen LogP contribution in [0.1, 0.15) is 52.8 Å². The van der Waals surface area contributed by atoms with E-state index < -0.39 is 17.7 Å². The molecule has 2 rings (SSSR count). The molecule has 0 atom stereocenters. The monoisotopic (exact) mass is 291 g/mol. The highest BCUT2D eigenvalue weighted by molar-refractivity contribution is 5.96. The lowest BCUT2D eigenvalue weighted by Crippen LogP contribution is -2.26. The van der Waals surface area contributed by atoms with Gasteiger partial charge in [-0.25, -0.2) is 9.18 Å². The lowest BCUT2D eigenvalue weighted by Gasteiger charge is -2.13. The maximum absolute atomic E-state index is 13.7. The van der Waals surface area contributed by atoms with Gasteiger partial charge in [0, 0.05) is 6.54 Å². The number of rotatable bonds is 5. The molecule has 1 aromatic rings. The van der Waals surface area contributed by atoms with Gasteiger partial charge in [-0.2, -0.15) is 0 Å². The summed E-state index contributed by atoms with van der Waals surface area (Å²) in [6.07, 6.45) is 7.55. The van der Waals surface area contributed by atoms with Crippen LogP contribution in [0.5, 0.6) is 0 Å². The van der Waals surface area contributed by atoms with E-state index in [1.54, 1.807) is 0 Å². The summed E-state index contributed by atoms with van der Waals surface area (Å²) in [7, 11) is 0. The second-order valence-corrected chi connectivity index (χ2v) is 5.11. The Kier molecular flexibility index (Phi) is 5.09. The molecule has 0 aliphatic heterocycles. The number of carbonyl (C=O) groups is 2. The number of hydrogen-bond donors (Lipinski definition) is 2. The summed E-state index contributed by atoms with van der Waals surface area (Å²) < 4.78 is 13.7. The van der Waals surface area contributed by atoms with E-state index in [2.05, 4.69) is 11.4 Å². The summed E-state index contributed by atoms with van der Waals surface area (Å²) in [5.74, 6) is -2.55. The van der Waals surface area contributed by atoms with Gasteiger partial charge in [-0.1, -0.05) is 11.6 Å². The molecule has 0 fully saturated rings. The number of nitrogens with one attached hydrogen (secondary N) is 1. The molecular formula is C16H18FNO3. The lowest BCUT2D eigenvalue weighted by molar-refractivity contribution is 0.0695. The fraction of sp³-hybridized carbons (Fsp3) is 0.375. The number of halogens is 1. The summed E-state index contributed by atoms with van der Waals surface area (Å²) in [5, 5.41) is 11.4. The molecule has 1 aliphatic carbocycles. The van der Waals surface area contributed by atoms with Gasteiger partial charge in [-0.15, -0.1) is 0 Å². The maximum Gasteiger partial charge on any atom is 0.335 e. The van der Waals surface area contributed by atoms with Crippen LogP contribution in [0.4, 0.5) is 4.39 Å². The van der Waals surface area contributed by atoms with E-state index in [0.717, 1.165) is 25.3 Å². The van der Waals surface area contributed by atoms with Crippen molar-refractivity contribution in [2.24, 2.45) is 0 Å². The fourth-order valence-electron chi connectivity index (χ4n) is 2.40. The second-order valence-electron chi connectivity index (χ2n) is 5.11. The van der Waals surface area contributed by atoms with Gasteiger partial charge in [0.25, 0.3) is 5.91 Å². The topological polar surface area (TPSA) is 66.4 Å². The van der Waals surface area contributed by atoms with E-state index in [0.29, 0.717) is 6.54 Å². The molecular weight excluding hydrogens is 273 g/mol. The van der Waals surface area contributed by atoms with Gasteiger partial charge in [0.1, 0.15) is 5.82 Å². The van der Waals surface area contributed by atoms with Gasteiger partial charge in [-0.3, -0.25) is 4.79 Å². The Morgan fingerprint density at radius 3 is 2.71 bits per heavy atom. The molecule has 4 nitrogen and oxygen atoms in total. The Morgan fingerprint density at radius 1 is 1.29 bits per heavy atom. The quantitative estimate of drug-likeness (QED) is 0.819. The molecule has 0 heterocycles. The van der Waals surface area contributed by atoms with E-state index in [1.807, 2.05) is 0 Å². The highest BCUT2D eigenvalue weighted by Crippen LogP contribution is 2.19. The molecule has 21 heavy (non-hydrogen) atoms. The minimum Gasteiger partial charge on any atom is -0.478 e. The van der Waals surface area contributed by atoms with Gasteiger partial charge < -0.3 is 10.4 Å². The van der Waals surface area contributed by atoms with Gasteiger partial charge in [-0.05, 0) is 50.3 Å². The highest BCUT2D eigenvalue weighted by atomic mass is 19.1. The SMILES string of the molecule is O=C(O)c1ccc(C(=O)NCCC2=CCCCC2)c(F)c1. The molecule has 0 radical (unpaired) electrons. The molecule has 0 saturated carbocycles. The number of carboxylic acids is 1. The number of allylic oxidation sites excluding steroid dienone is 1. The van der Waals surface area contributed by atoms with E-state index in [1.165, 1.54) is 30.5 Å². The number of carbonyl (C=O) groups excluding carboxylic acids is 1. The molecule has 0 bridgehead atoms. The number of carboxylic acid groups (broad SMARTS) is 1. The third-order valence-corrected chi connectivity index (χ3v) is 3.58. The number of hydrogen-bond acceptors (Lipinski definition) is 2. The zero-order valence-electron chi connectivity index (χ0n) is 11.7. The van der Waals surface area contributed by atoms with Gasteiger partial charge in [0.05, 0.1) is 11.1 Å². The zero-order valence-corrected chi connectivity index (χ0v) is 11.7. The standard InChI is InChI=1S/C16H18FNO3/c17-14-10-12(16(20)21)6-7-13(14)15(19)18-9-8-11-4-2-1-3-5-11/h4,6-7,10H,1-3,5,8-9H2,(H,18,19)(H,20,21). The molecule has 0 saturated heterocycles. The van der Waals surface area contributed by atoms with Crippen LogP contribution in [0.2, 0.25) is 0 Å². The van der Waals surface area contributed by atoms with Crippen LogP contribution in [0.3, 0.4) is 0 Å². The number of aromatic carboxylic acids is 1. The van der Waals surface area contributed by atoms with Crippen LogP contribution in [0, 0.1) is 5.82 Å². The molecule has 0 unspecified atom stereocenters. The third kappa shape index (κ3) is 4.15. The Balaban J connectivity index is 1.91. The second kappa shape index (κ2) is 7.02. The molecule has 1 aliphatic rings. The van der Waals surface area contributed by atoms with Crippen molar-refractivity contribution in [3.8, 4) is 0 Å². The van der Waals surface area contributed by atoms with Crippen LogP contribution in [-0.2, 0) is 0 Å². The first-order chi connectivity index (χ1) is 10.1. The first-order valence-corrected chi connectivity index (χ1v) is 7.07. The van der Waals surface area contributed by atoms with E-state index in [4.69, 9.17) is 5.11 Å². The van der Waals surface area contributed by atoms with Crippen LogP contribution in [0.15, 0.2) is 29.8 Å². The normalized spacial score (nSPS) is 14.4. The van der Waals surface area contributed by atoms with E-state index >= 15 is 0 Å². The molecule has 5 heteroatoms. The Hall–Kier alpha value is -2.17. The minimum atomic E-state index is -1.22. The van der Waals surface area contributed by atoms with Gasteiger partial charge in [0.2, 0.25) is 0 Å².